The summed E-state index contributed by atoms with van der Waals surface area (Å²) in [5, 5.41) is 2.91. The van der Waals surface area contributed by atoms with Gasteiger partial charge in [-0.15, -0.1) is 0 Å². The predicted molar refractivity (Wildman–Crippen MR) is 95.4 cm³/mol. The van der Waals surface area contributed by atoms with Crippen LogP contribution in [0.5, 0.6) is 0 Å². The molecule has 0 aromatic carbocycles. The summed E-state index contributed by atoms with van der Waals surface area (Å²) in [6.07, 6.45) is 9.89. The third-order valence-electron chi connectivity index (χ3n) is 5.19. The number of rotatable bonds is 4. The summed E-state index contributed by atoms with van der Waals surface area (Å²) >= 11 is 0. The predicted octanol–water partition coefficient (Wildman–Crippen LogP) is 1.45. The second kappa shape index (κ2) is 7.80. The van der Waals surface area contributed by atoms with Gasteiger partial charge in [0.1, 0.15) is 17.6 Å². The molecule has 25 heavy (non-hydrogen) atoms. The maximum absolute atomic E-state index is 12.9. The van der Waals surface area contributed by atoms with Gasteiger partial charge in [-0.3, -0.25) is 9.59 Å². The monoisotopic (exact) mass is 345 g/mol. The first kappa shape index (κ1) is 17.6. The van der Waals surface area contributed by atoms with Crippen LogP contribution in [0.4, 0.5) is 5.82 Å². The second-order valence-electron chi connectivity index (χ2n) is 7.20. The van der Waals surface area contributed by atoms with Gasteiger partial charge in [0.25, 0.3) is 5.91 Å². The Morgan fingerprint density at radius 3 is 2.64 bits per heavy atom. The Morgan fingerprint density at radius 1 is 1.24 bits per heavy atom. The first-order valence-electron chi connectivity index (χ1n) is 9.14. The summed E-state index contributed by atoms with van der Waals surface area (Å²) in [4.78, 5) is 37.4. The Kier molecular flexibility index (Phi) is 5.50. The summed E-state index contributed by atoms with van der Waals surface area (Å²) in [5.74, 6) is 0.989. The van der Waals surface area contributed by atoms with Crippen LogP contribution in [0.1, 0.15) is 49.0 Å². The van der Waals surface area contributed by atoms with Crippen LogP contribution < -0.4 is 10.2 Å². The molecule has 7 heteroatoms. The quantitative estimate of drug-likeness (QED) is 0.894. The number of nitrogens with zero attached hydrogens (tertiary/aromatic N) is 4. The van der Waals surface area contributed by atoms with Gasteiger partial charge in [0, 0.05) is 27.2 Å². The summed E-state index contributed by atoms with van der Waals surface area (Å²) in [6, 6.07) is -0.389. The molecule has 2 fully saturated rings. The number of hydrogen-bond acceptors (Lipinski definition) is 5. The zero-order chi connectivity index (χ0) is 17.8. The van der Waals surface area contributed by atoms with Crippen LogP contribution in [-0.2, 0) is 4.79 Å². The molecular formula is C18H27N5O2. The standard InChI is InChI=1S/C18H27N5O2/c1-22(2)16-12-20-14(11-21-16)18(25)23-9-8-19-17(24)15(23)10-13-6-4-3-5-7-13/h11-13,15H,3-10H2,1-2H3,(H,19,24)/t15-/m0/s1. The van der Waals surface area contributed by atoms with Crippen LogP contribution in [0.25, 0.3) is 0 Å². The van der Waals surface area contributed by atoms with E-state index in [4.69, 9.17) is 0 Å². The maximum atomic E-state index is 12.9. The number of nitrogens with one attached hydrogen (secondary N) is 1. The fourth-order valence-electron chi connectivity index (χ4n) is 3.74. The third kappa shape index (κ3) is 4.08. The fourth-order valence-corrected chi connectivity index (χ4v) is 3.74. The number of amides is 2. The SMILES string of the molecule is CN(C)c1cnc(C(=O)N2CCNC(=O)[C@@H]2CC2CCCCC2)cn1. The van der Waals surface area contributed by atoms with E-state index in [1.54, 1.807) is 11.1 Å². The Labute approximate surface area is 148 Å². The highest BCUT2D eigenvalue weighted by Crippen LogP contribution is 2.29. The molecule has 136 valence electrons. The molecule has 1 saturated heterocycles. The van der Waals surface area contributed by atoms with Gasteiger partial charge >= 0.3 is 0 Å². The van der Waals surface area contributed by atoms with Gasteiger partial charge in [0.15, 0.2) is 0 Å². The van der Waals surface area contributed by atoms with Crippen molar-refractivity contribution in [3.63, 3.8) is 0 Å². The van der Waals surface area contributed by atoms with Crippen molar-refractivity contribution in [1.29, 1.82) is 0 Å². The van der Waals surface area contributed by atoms with E-state index in [-0.39, 0.29) is 17.9 Å². The van der Waals surface area contributed by atoms with Crippen molar-refractivity contribution in [3.05, 3.63) is 18.1 Å². The van der Waals surface area contributed by atoms with E-state index in [9.17, 15) is 9.59 Å². The van der Waals surface area contributed by atoms with Crippen molar-refractivity contribution >= 4 is 17.6 Å². The zero-order valence-electron chi connectivity index (χ0n) is 15.1. The van der Waals surface area contributed by atoms with E-state index in [1.165, 1.54) is 25.5 Å². The first-order chi connectivity index (χ1) is 12.1. The Balaban J connectivity index is 1.74. The van der Waals surface area contributed by atoms with Crippen molar-refractivity contribution in [3.8, 4) is 0 Å². The summed E-state index contributed by atoms with van der Waals surface area (Å²) in [5.41, 5.74) is 0.300. The van der Waals surface area contributed by atoms with Gasteiger partial charge in [-0.1, -0.05) is 32.1 Å². The normalized spacial score (nSPS) is 21.8. The molecule has 0 radical (unpaired) electrons. The van der Waals surface area contributed by atoms with E-state index in [1.807, 2.05) is 19.0 Å². The molecule has 2 amide bonds. The molecule has 2 heterocycles. The minimum atomic E-state index is -0.389. The van der Waals surface area contributed by atoms with E-state index >= 15 is 0 Å². The van der Waals surface area contributed by atoms with E-state index < -0.39 is 0 Å². The number of aromatic nitrogens is 2. The second-order valence-corrected chi connectivity index (χ2v) is 7.20. The number of anilines is 1. The lowest BCUT2D eigenvalue weighted by molar-refractivity contribution is -0.128. The van der Waals surface area contributed by atoms with Crippen LogP contribution >= 0.6 is 0 Å². The van der Waals surface area contributed by atoms with Crippen LogP contribution in [-0.4, -0.2) is 59.9 Å². The van der Waals surface area contributed by atoms with Crippen LogP contribution in [0, 0.1) is 5.92 Å². The largest absolute Gasteiger partial charge is 0.361 e. The summed E-state index contributed by atoms with van der Waals surface area (Å²) in [6.45, 7) is 1.02. The molecular weight excluding hydrogens is 318 g/mol. The van der Waals surface area contributed by atoms with E-state index in [0.29, 0.717) is 30.5 Å². The van der Waals surface area contributed by atoms with Crippen molar-refractivity contribution in [2.24, 2.45) is 5.92 Å². The van der Waals surface area contributed by atoms with E-state index in [2.05, 4.69) is 15.3 Å². The lowest BCUT2D eigenvalue weighted by Crippen LogP contribution is -2.57. The zero-order valence-corrected chi connectivity index (χ0v) is 15.1. The highest BCUT2D eigenvalue weighted by atomic mass is 16.2. The van der Waals surface area contributed by atoms with Crippen molar-refractivity contribution < 1.29 is 9.59 Å². The molecule has 1 aromatic heterocycles. The Morgan fingerprint density at radius 2 is 2.00 bits per heavy atom. The number of carbonyl (C=O) groups excluding carboxylic acids is 2. The molecule has 0 spiro atoms. The first-order valence-corrected chi connectivity index (χ1v) is 9.14. The average Bonchev–Trinajstić information content (AvgIpc) is 2.64. The molecule has 0 unspecified atom stereocenters. The Bertz CT molecular complexity index is 610. The molecule has 1 aromatic rings. The molecule has 1 aliphatic carbocycles. The van der Waals surface area contributed by atoms with Gasteiger partial charge in [0.05, 0.1) is 12.4 Å². The van der Waals surface area contributed by atoms with Crippen LogP contribution in [0.3, 0.4) is 0 Å². The molecule has 3 rings (SSSR count). The molecule has 1 atom stereocenters. The fraction of sp³-hybridized carbons (Fsp3) is 0.667. The highest BCUT2D eigenvalue weighted by molar-refractivity contribution is 5.96. The Hall–Kier alpha value is -2.18. The molecule has 7 nitrogen and oxygen atoms in total. The highest BCUT2D eigenvalue weighted by Gasteiger charge is 2.36. The van der Waals surface area contributed by atoms with Gasteiger partial charge in [0.2, 0.25) is 5.91 Å². The van der Waals surface area contributed by atoms with E-state index in [0.717, 1.165) is 19.3 Å². The van der Waals surface area contributed by atoms with Gasteiger partial charge in [-0.2, -0.15) is 0 Å². The summed E-state index contributed by atoms with van der Waals surface area (Å²) < 4.78 is 0. The lowest BCUT2D eigenvalue weighted by atomic mass is 9.84. The van der Waals surface area contributed by atoms with Crippen molar-refractivity contribution in [1.82, 2.24) is 20.2 Å². The van der Waals surface area contributed by atoms with Crippen molar-refractivity contribution in [2.45, 2.75) is 44.6 Å². The minimum Gasteiger partial charge on any atom is -0.361 e. The van der Waals surface area contributed by atoms with Crippen molar-refractivity contribution in [2.75, 3.05) is 32.1 Å². The lowest BCUT2D eigenvalue weighted by Gasteiger charge is -2.37. The molecule has 1 aliphatic heterocycles. The molecule has 0 bridgehead atoms. The van der Waals surface area contributed by atoms with Gasteiger partial charge in [-0.25, -0.2) is 9.97 Å². The topological polar surface area (TPSA) is 78.4 Å². The number of carbonyl (C=O) groups is 2. The minimum absolute atomic E-state index is 0.0388. The molecule has 2 aliphatic rings. The molecule has 1 N–H and O–H groups in total. The van der Waals surface area contributed by atoms with Gasteiger partial charge < -0.3 is 15.1 Å². The third-order valence-corrected chi connectivity index (χ3v) is 5.19. The average molecular weight is 345 g/mol. The number of hydrogen-bond donors (Lipinski definition) is 1. The van der Waals surface area contributed by atoms with Gasteiger partial charge in [-0.05, 0) is 12.3 Å². The molecule has 1 saturated carbocycles. The maximum Gasteiger partial charge on any atom is 0.274 e. The summed E-state index contributed by atoms with van der Waals surface area (Å²) in [7, 11) is 3.75. The number of piperazine rings is 1. The van der Waals surface area contributed by atoms with Crippen LogP contribution in [0.15, 0.2) is 12.4 Å². The van der Waals surface area contributed by atoms with Crippen LogP contribution in [0.2, 0.25) is 0 Å². The smallest absolute Gasteiger partial charge is 0.274 e.